The lowest BCUT2D eigenvalue weighted by Crippen LogP contribution is -2.37. The van der Waals surface area contributed by atoms with Crippen LogP contribution in [-0.2, 0) is 4.79 Å². The zero-order valence-electron chi connectivity index (χ0n) is 10.1. The van der Waals surface area contributed by atoms with E-state index >= 15 is 0 Å². The molecular weight excluding hydrogens is 296 g/mol. The molecule has 1 unspecified atom stereocenters. The number of carbonyl (C=O) groups excluding carboxylic acids is 2. The number of benzene rings is 1. The van der Waals surface area contributed by atoms with Crippen LogP contribution in [0.15, 0.2) is 28.7 Å². The third-order valence-corrected chi connectivity index (χ3v) is 3.68. The summed E-state index contributed by atoms with van der Waals surface area (Å²) in [6, 6.07) is 7.46. The summed E-state index contributed by atoms with van der Waals surface area (Å²) < 4.78 is 0.804. The highest BCUT2D eigenvalue weighted by Gasteiger charge is 2.27. The summed E-state index contributed by atoms with van der Waals surface area (Å²) in [5.41, 5.74) is 0.668. The van der Waals surface area contributed by atoms with Crippen LogP contribution in [0.25, 0.3) is 0 Å². The molecule has 1 aliphatic heterocycles. The quantitative estimate of drug-likeness (QED) is 0.905. The fraction of sp³-hybridized carbons (Fsp3) is 0.385. The van der Waals surface area contributed by atoms with Crippen molar-refractivity contribution in [1.29, 1.82) is 0 Å². The zero-order valence-corrected chi connectivity index (χ0v) is 11.7. The van der Waals surface area contributed by atoms with Crippen molar-refractivity contribution in [2.45, 2.75) is 19.4 Å². The average molecular weight is 311 g/mol. The maximum atomic E-state index is 12.3. The van der Waals surface area contributed by atoms with E-state index in [1.165, 1.54) is 6.92 Å². The van der Waals surface area contributed by atoms with Crippen LogP contribution in [0, 0.1) is 0 Å². The summed E-state index contributed by atoms with van der Waals surface area (Å²) in [5, 5.41) is 2.85. The Kier molecular flexibility index (Phi) is 4.01. The average Bonchev–Trinajstić information content (AvgIpc) is 2.76. The third kappa shape index (κ3) is 2.90. The lowest BCUT2D eigenvalue weighted by molar-refractivity contribution is -0.119. The van der Waals surface area contributed by atoms with Gasteiger partial charge in [0.15, 0.2) is 0 Å². The van der Waals surface area contributed by atoms with Gasteiger partial charge < -0.3 is 10.2 Å². The van der Waals surface area contributed by atoms with Crippen LogP contribution in [-0.4, -0.2) is 35.8 Å². The van der Waals surface area contributed by atoms with Crippen molar-refractivity contribution < 1.29 is 9.59 Å². The molecule has 0 aliphatic carbocycles. The van der Waals surface area contributed by atoms with Crippen molar-refractivity contribution >= 4 is 27.7 Å². The number of carbonyl (C=O) groups is 2. The van der Waals surface area contributed by atoms with Crippen LogP contribution in [0.1, 0.15) is 23.7 Å². The SMILES string of the molecule is CC(=O)NC1CCN(C(=O)c2ccccc2Br)C1. The van der Waals surface area contributed by atoms with Gasteiger partial charge in [-0.05, 0) is 34.5 Å². The summed E-state index contributed by atoms with van der Waals surface area (Å²) in [7, 11) is 0. The summed E-state index contributed by atoms with van der Waals surface area (Å²) in [5.74, 6) is -0.0366. The van der Waals surface area contributed by atoms with Gasteiger partial charge in [-0.3, -0.25) is 9.59 Å². The second-order valence-corrected chi connectivity index (χ2v) is 5.27. The van der Waals surface area contributed by atoms with Gasteiger partial charge in [0, 0.05) is 30.5 Å². The Labute approximate surface area is 114 Å². The van der Waals surface area contributed by atoms with E-state index in [-0.39, 0.29) is 17.9 Å². The van der Waals surface area contributed by atoms with Gasteiger partial charge in [0.25, 0.3) is 5.91 Å². The first-order valence-electron chi connectivity index (χ1n) is 5.89. The molecule has 1 fully saturated rings. The Morgan fingerprint density at radius 2 is 2.11 bits per heavy atom. The fourth-order valence-electron chi connectivity index (χ4n) is 2.15. The van der Waals surface area contributed by atoms with Gasteiger partial charge in [0.05, 0.1) is 5.56 Å². The fourth-order valence-corrected chi connectivity index (χ4v) is 2.61. The smallest absolute Gasteiger partial charge is 0.255 e. The van der Waals surface area contributed by atoms with Gasteiger partial charge >= 0.3 is 0 Å². The second kappa shape index (κ2) is 5.52. The largest absolute Gasteiger partial charge is 0.352 e. The highest BCUT2D eigenvalue weighted by molar-refractivity contribution is 9.10. The first kappa shape index (κ1) is 13.1. The van der Waals surface area contributed by atoms with E-state index < -0.39 is 0 Å². The van der Waals surface area contributed by atoms with E-state index in [0.717, 1.165) is 10.9 Å². The number of amides is 2. The summed E-state index contributed by atoms with van der Waals surface area (Å²) in [6.45, 7) is 2.77. The first-order chi connectivity index (χ1) is 8.58. The predicted octanol–water partition coefficient (Wildman–Crippen LogP) is 1.80. The molecule has 1 N–H and O–H groups in total. The molecule has 4 nitrogen and oxygen atoms in total. The molecule has 1 aromatic carbocycles. The van der Waals surface area contributed by atoms with Crippen molar-refractivity contribution in [1.82, 2.24) is 10.2 Å². The van der Waals surface area contributed by atoms with Gasteiger partial charge in [-0.15, -0.1) is 0 Å². The molecule has 0 saturated carbocycles. The number of nitrogens with one attached hydrogen (secondary N) is 1. The van der Waals surface area contributed by atoms with Crippen LogP contribution in [0.4, 0.5) is 0 Å². The van der Waals surface area contributed by atoms with E-state index in [1.54, 1.807) is 11.0 Å². The molecule has 1 aromatic rings. The Bertz CT molecular complexity index is 476. The van der Waals surface area contributed by atoms with Gasteiger partial charge in [-0.1, -0.05) is 12.1 Å². The van der Waals surface area contributed by atoms with Crippen LogP contribution in [0.2, 0.25) is 0 Å². The Morgan fingerprint density at radius 3 is 2.78 bits per heavy atom. The molecule has 1 heterocycles. The number of hydrogen-bond acceptors (Lipinski definition) is 2. The Hall–Kier alpha value is -1.36. The second-order valence-electron chi connectivity index (χ2n) is 4.42. The minimum Gasteiger partial charge on any atom is -0.352 e. The molecule has 1 aliphatic rings. The van der Waals surface area contributed by atoms with E-state index in [0.29, 0.717) is 18.7 Å². The van der Waals surface area contributed by atoms with E-state index in [1.807, 2.05) is 18.2 Å². The number of rotatable bonds is 2. The molecular formula is C13H15BrN2O2. The Balaban J connectivity index is 2.04. The van der Waals surface area contributed by atoms with E-state index in [9.17, 15) is 9.59 Å². The summed E-state index contributed by atoms with van der Waals surface area (Å²) >= 11 is 3.38. The van der Waals surface area contributed by atoms with E-state index in [2.05, 4.69) is 21.2 Å². The van der Waals surface area contributed by atoms with Crippen LogP contribution >= 0.6 is 15.9 Å². The maximum Gasteiger partial charge on any atom is 0.255 e. The van der Waals surface area contributed by atoms with Crippen LogP contribution < -0.4 is 5.32 Å². The van der Waals surface area contributed by atoms with Crippen LogP contribution in [0.5, 0.6) is 0 Å². The van der Waals surface area contributed by atoms with E-state index in [4.69, 9.17) is 0 Å². The summed E-state index contributed by atoms with van der Waals surface area (Å²) in [6.07, 6.45) is 0.815. The normalized spacial score (nSPS) is 18.8. The van der Waals surface area contributed by atoms with Crippen molar-refractivity contribution in [3.8, 4) is 0 Å². The first-order valence-corrected chi connectivity index (χ1v) is 6.68. The Morgan fingerprint density at radius 1 is 1.39 bits per heavy atom. The lowest BCUT2D eigenvalue weighted by atomic mass is 10.2. The van der Waals surface area contributed by atoms with Gasteiger partial charge in [0.1, 0.15) is 0 Å². The van der Waals surface area contributed by atoms with Crippen molar-refractivity contribution in [3.63, 3.8) is 0 Å². The minimum absolute atomic E-state index is 0.00956. The molecule has 0 bridgehead atoms. The van der Waals surface area contributed by atoms with Crippen molar-refractivity contribution in [3.05, 3.63) is 34.3 Å². The standard InChI is InChI=1S/C13H15BrN2O2/c1-9(17)15-10-6-7-16(8-10)13(18)11-4-2-3-5-12(11)14/h2-5,10H,6-8H2,1H3,(H,15,17). The number of halogens is 1. The number of likely N-dealkylation sites (tertiary alicyclic amines) is 1. The molecule has 0 aromatic heterocycles. The monoisotopic (exact) mass is 310 g/mol. The molecule has 0 spiro atoms. The molecule has 2 amide bonds. The molecule has 1 atom stereocenters. The van der Waals surface area contributed by atoms with Crippen molar-refractivity contribution in [2.75, 3.05) is 13.1 Å². The van der Waals surface area contributed by atoms with Crippen LogP contribution in [0.3, 0.4) is 0 Å². The zero-order chi connectivity index (χ0) is 13.1. The van der Waals surface area contributed by atoms with Gasteiger partial charge in [-0.25, -0.2) is 0 Å². The molecule has 0 radical (unpaired) electrons. The van der Waals surface area contributed by atoms with Gasteiger partial charge in [-0.2, -0.15) is 0 Å². The number of nitrogens with zero attached hydrogens (tertiary/aromatic N) is 1. The minimum atomic E-state index is -0.0461. The molecule has 5 heteroatoms. The predicted molar refractivity (Wildman–Crippen MR) is 72.3 cm³/mol. The summed E-state index contributed by atoms with van der Waals surface area (Å²) in [4.78, 5) is 25.0. The molecule has 96 valence electrons. The maximum absolute atomic E-state index is 12.3. The third-order valence-electron chi connectivity index (χ3n) is 2.99. The lowest BCUT2D eigenvalue weighted by Gasteiger charge is -2.17. The molecule has 18 heavy (non-hydrogen) atoms. The van der Waals surface area contributed by atoms with Crippen molar-refractivity contribution in [2.24, 2.45) is 0 Å². The molecule has 1 saturated heterocycles. The highest BCUT2D eigenvalue weighted by atomic mass is 79.9. The number of hydrogen-bond donors (Lipinski definition) is 1. The molecule has 2 rings (SSSR count). The highest BCUT2D eigenvalue weighted by Crippen LogP contribution is 2.20. The topological polar surface area (TPSA) is 49.4 Å². The van der Waals surface area contributed by atoms with Gasteiger partial charge in [0.2, 0.25) is 5.91 Å².